The molecule has 2 atom stereocenters. The van der Waals surface area contributed by atoms with Crippen LogP contribution in [0.1, 0.15) is 24.7 Å². The first-order chi connectivity index (χ1) is 13.6. The minimum Gasteiger partial charge on any atom is -0.377 e. The third-order valence-corrected chi connectivity index (χ3v) is 5.16. The van der Waals surface area contributed by atoms with Gasteiger partial charge in [-0.05, 0) is 32.0 Å². The molecule has 1 aliphatic heterocycles. The summed E-state index contributed by atoms with van der Waals surface area (Å²) in [5, 5.41) is 8.77. The van der Waals surface area contributed by atoms with E-state index in [1.165, 1.54) is 0 Å². The summed E-state index contributed by atoms with van der Waals surface area (Å²) in [6, 6.07) is 5.85. The van der Waals surface area contributed by atoms with E-state index in [0.717, 1.165) is 41.1 Å². The summed E-state index contributed by atoms with van der Waals surface area (Å²) in [7, 11) is 0. The molecule has 0 amide bonds. The van der Waals surface area contributed by atoms with Crippen molar-refractivity contribution in [1.29, 1.82) is 0 Å². The molecule has 0 bridgehead atoms. The topological polar surface area (TPSA) is 81.9 Å². The van der Waals surface area contributed by atoms with Gasteiger partial charge in [0.05, 0.1) is 29.7 Å². The molecule has 3 aromatic rings. The summed E-state index contributed by atoms with van der Waals surface area (Å²) in [6.45, 7) is 6.28. The fourth-order valence-electron chi connectivity index (χ4n) is 3.82. The summed E-state index contributed by atoms with van der Waals surface area (Å²) >= 11 is 0. The first kappa shape index (κ1) is 18.7. The van der Waals surface area contributed by atoms with E-state index in [4.69, 9.17) is 4.74 Å². The lowest BCUT2D eigenvalue weighted by molar-refractivity contribution is -0.120. The van der Waals surface area contributed by atoms with Crippen LogP contribution in [0.15, 0.2) is 36.8 Å². The number of nitrogens with zero attached hydrogens (tertiary/aromatic N) is 4. The van der Waals surface area contributed by atoms with Gasteiger partial charge < -0.3 is 10.1 Å². The molecule has 0 aliphatic carbocycles. The van der Waals surface area contributed by atoms with Crippen LogP contribution >= 0.6 is 0 Å². The fourth-order valence-corrected chi connectivity index (χ4v) is 3.82. The summed E-state index contributed by atoms with van der Waals surface area (Å²) in [5.74, 6) is 0.441. The molecular formula is C21H25N5O2. The standard InChI is InChI=1S/C21H25N5O2/c1-3-28-21-13-22-10-16(21)8-19(27)9-17-7-15-11-25-26(20(15)12-24-17)18-4-5-23-14(2)6-18/h4-7,11-12,16,21-22H,3,8-10,13H2,1-2H3/t16-,21-/m0/s1. The molecule has 0 unspecified atom stereocenters. The number of aryl methyl sites for hydroxylation is 1. The van der Waals surface area contributed by atoms with Crippen LogP contribution in [0.4, 0.5) is 0 Å². The van der Waals surface area contributed by atoms with Gasteiger partial charge in [0.1, 0.15) is 5.78 Å². The van der Waals surface area contributed by atoms with Crippen LogP contribution in [0.2, 0.25) is 0 Å². The molecule has 28 heavy (non-hydrogen) atoms. The van der Waals surface area contributed by atoms with E-state index in [1.54, 1.807) is 12.4 Å². The molecule has 0 saturated carbocycles. The smallest absolute Gasteiger partial charge is 0.139 e. The van der Waals surface area contributed by atoms with Gasteiger partial charge in [0.2, 0.25) is 0 Å². The first-order valence-electron chi connectivity index (χ1n) is 9.73. The maximum absolute atomic E-state index is 12.6. The molecule has 1 aliphatic rings. The highest BCUT2D eigenvalue weighted by Crippen LogP contribution is 2.21. The first-order valence-corrected chi connectivity index (χ1v) is 9.73. The molecule has 1 fully saturated rings. The fraction of sp³-hybridized carbons (Fsp3) is 0.429. The second kappa shape index (κ2) is 8.16. The van der Waals surface area contributed by atoms with Crippen molar-refractivity contribution in [3.8, 4) is 5.69 Å². The van der Waals surface area contributed by atoms with Gasteiger partial charge in [0.15, 0.2) is 0 Å². The molecule has 4 heterocycles. The third kappa shape index (κ3) is 3.95. The molecule has 1 saturated heterocycles. The van der Waals surface area contributed by atoms with E-state index in [0.29, 0.717) is 19.4 Å². The van der Waals surface area contributed by atoms with Crippen molar-refractivity contribution in [2.75, 3.05) is 19.7 Å². The van der Waals surface area contributed by atoms with Gasteiger partial charge >= 0.3 is 0 Å². The highest BCUT2D eigenvalue weighted by Gasteiger charge is 2.29. The molecule has 0 radical (unpaired) electrons. The molecule has 0 spiro atoms. The molecule has 3 aromatic heterocycles. The Morgan fingerprint density at radius 3 is 3.00 bits per heavy atom. The van der Waals surface area contributed by atoms with Crippen LogP contribution in [0, 0.1) is 12.8 Å². The van der Waals surface area contributed by atoms with Crippen LogP contribution in [0.25, 0.3) is 16.6 Å². The third-order valence-electron chi connectivity index (χ3n) is 5.16. The summed E-state index contributed by atoms with van der Waals surface area (Å²) in [4.78, 5) is 21.3. The van der Waals surface area contributed by atoms with Crippen molar-refractivity contribution >= 4 is 16.7 Å². The highest BCUT2D eigenvalue weighted by atomic mass is 16.5. The second-order valence-corrected chi connectivity index (χ2v) is 7.28. The van der Waals surface area contributed by atoms with Crippen LogP contribution in [-0.4, -0.2) is 51.3 Å². The number of pyridine rings is 2. The van der Waals surface area contributed by atoms with E-state index >= 15 is 0 Å². The molecule has 7 nitrogen and oxygen atoms in total. The van der Waals surface area contributed by atoms with Crippen molar-refractivity contribution in [1.82, 2.24) is 25.1 Å². The number of rotatable bonds is 7. The minimum atomic E-state index is 0.131. The number of Topliss-reactive ketones (excluding diaryl/α,β-unsaturated/α-hetero) is 1. The Labute approximate surface area is 164 Å². The average Bonchev–Trinajstić information content (AvgIpc) is 3.28. The zero-order valence-corrected chi connectivity index (χ0v) is 16.3. The largest absolute Gasteiger partial charge is 0.377 e. The predicted octanol–water partition coefficient (Wildman–Crippen LogP) is 2.25. The lowest BCUT2D eigenvalue weighted by Gasteiger charge is -2.17. The van der Waals surface area contributed by atoms with Crippen molar-refractivity contribution < 1.29 is 9.53 Å². The lowest BCUT2D eigenvalue weighted by atomic mass is 9.97. The Balaban J connectivity index is 1.47. The normalized spacial score (nSPS) is 19.4. The van der Waals surface area contributed by atoms with E-state index in [9.17, 15) is 4.79 Å². The number of hydrogen-bond donors (Lipinski definition) is 1. The van der Waals surface area contributed by atoms with Crippen molar-refractivity contribution in [2.24, 2.45) is 5.92 Å². The van der Waals surface area contributed by atoms with Crippen molar-refractivity contribution in [3.05, 3.63) is 48.2 Å². The zero-order chi connectivity index (χ0) is 19.5. The van der Waals surface area contributed by atoms with Gasteiger partial charge in [-0.3, -0.25) is 14.8 Å². The van der Waals surface area contributed by atoms with E-state index < -0.39 is 0 Å². The van der Waals surface area contributed by atoms with Crippen LogP contribution in [0.5, 0.6) is 0 Å². The predicted molar refractivity (Wildman–Crippen MR) is 106 cm³/mol. The quantitative estimate of drug-likeness (QED) is 0.678. The highest BCUT2D eigenvalue weighted by molar-refractivity contribution is 5.84. The number of carbonyl (C=O) groups excluding carboxylic acids is 1. The number of ketones is 1. The monoisotopic (exact) mass is 379 g/mol. The zero-order valence-electron chi connectivity index (χ0n) is 16.3. The molecule has 4 rings (SSSR count). The summed E-state index contributed by atoms with van der Waals surface area (Å²) in [5.41, 5.74) is 3.58. The number of hydrogen-bond acceptors (Lipinski definition) is 6. The number of nitrogens with one attached hydrogen (secondary N) is 1. The number of carbonyl (C=O) groups is 1. The van der Waals surface area contributed by atoms with Gasteiger partial charge in [-0.1, -0.05) is 0 Å². The van der Waals surface area contributed by atoms with Crippen LogP contribution < -0.4 is 5.32 Å². The average molecular weight is 379 g/mol. The van der Waals surface area contributed by atoms with Crippen LogP contribution in [0.3, 0.4) is 0 Å². The summed E-state index contributed by atoms with van der Waals surface area (Å²) in [6.07, 6.45) is 6.36. The van der Waals surface area contributed by atoms with Crippen molar-refractivity contribution in [3.63, 3.8) is 0 Å². The Morgan fingerprint density at radius 1 is 1.29 bits per heavy atom. The molecule has 1 N–H and O–H groups in total. The Hall–Kier alpha value is -2.64. The molecule has 0 aromatic carbocycles. The van der Waals surface area contributed by atoms with Gasteiger partial charge in [0.25, 0.3) is 0 Å². The maximum atomic E-state index is 12.6. The lowest BCUT2D eigenvalue weighted by Crippen LogP contribution is -2.25. The Morgan fingerprint density at radius 2 is 2.18 bits per heavy atom. The van der Waals surface area contributed by atoms with Gasteiger partial charge in [-0.15, -0.1) is 0 Å². The Bertz CT molecular complexity index is 984. The number of aromatic nitrogens is 4. The molecular weight excluding hydrogens is 354 g/mol. The minimum absolute atomic E-state index is 0.131. The number of fused-ring (bicyclic) bond motifs is 1. The molecule has 146 valence electrons. The maximum Gasteiger partial charge on any atom is 0.139 e. The van der Waals surface area contributed by atoms with E-state index in [2.05, 4.69) is 20.4 Å². The molecule has 7 heteroatoms. The van der Waals surface area contributed by atoms with Gasteiger partial charge in [0, 0.05) is 61.4 Å². The van der Waals surface area contributed by atoms with Crippen LogP contribution in [-0.2, 0) is 16.0 Å². The second-order valence-electron chi connectivity index (χ2n) is 7.28. The van der Waals surface area contributed by atoms with Gasteiger partial charge in [-0.25, -0.2) is 4.68 Å². The van der Waals surface area contributed by atoms with Crippen molar-refractivity contribution in [2.45, 2.75) is 32.8 Å². The van der Waals surface area contributed by atoms with E-state index in [-0.39, 0.29) is 17.8 Å². The number of ether oxygens (including phenoxy) is 1. The SMILES string of the molecule is CCO[C@H]1CNC[C@@H]1CC(=O)Cc1cc2cnn(-c3ccnc(C)c3)c2cn1. The Kier molecular flexibility index (Phi) is 5.45. The van der Waals surface area contributed by atoms with Gasteiger partial charge in [-0.2, -0.15) is 5.10 Å². The van der Waals surface area contributed by atoms with E-state index in [1.807, 2.05) is 42.9 Å². The summed E-state index contributed by atoms with van der Waals surface area (Å²) < 4.78 is 7.58.